The minimum absolute atomic E-state index is 0.0300. The molecule has 0 atom stereocenters. The molecule has 0 aliphatic carbocycles. The maximum Gasteiger partial charge on any atom is 0.279 e. The van der Waals surface area contributed by atoms with Crippen LogP contribution in [0.25, 0.3) is 11.1 Å². The Morgan fingerprint density at radius 3 is 2.65 bits per heavy atom. The molecule has 0 bridgehead atoms. The van der Waals surface area contributed by atoms with Crippen molar-refractivity contribution in [1.29, 1.82) is 0 Å². The number of aromatic hydroxyl groups is 1. The first-order valence-corrected chi connectivity index (χ1v) is 7.06. The van der Waals surface area contributed by atoms with E-state index in [0.717, 1.165) is 0 Å². The molecule has 0 unspecified atom stereocenters. The Hall–Kier alpha value is -2.76. The average Bonchev–Trinajstić information content (AvgIpc) is 2.72. The molecule has 1 heterocycles. The highest BCUT2D eigenvalue weighted by molar-refractivity contribution is 6.34. The summed E-state index contributed by atoms with van der Waals surface area (Å²) in [6, 6.07) is 3.28. The van der Waals surface area contributed by atoms with E-state index in [4.69, 9.17) is 22.8 Å². The van der Waals surface area contributed by atoms with E-state index in [1.165, 1.54) is 23.5 Å². The second kappa shape index (κ2) is 6.56. The van der Waals surface area contributed by atoms with Crippen LogP contribution in [0.5, 0.6) is 11.6 Å². The van der Waals surface area contributed by atoms with Gasteiger partial charge in [-0.2, -0.15) is 0 Å². The summed E-state index contributed by atoms with van der Waals surface area (Å²) < 4.78 is 7.85. The van der Waals surface area contributed by atoms with Crippen molar-refractivity contribution >= 4 is 11.6 Å². The molecule has 6 heteroatoms. The summed E-state index contributed by atoms with van der Waals surface area (Å²) >= 11 is 6.31. The molecule has 0 saturated heterocycles. The number of halogens is 1. The molecule has 1 N–H and O–H groups in total. The summed E-state index contributed by atoms with van der Waals surface area (Å²) in [5, 5.41) is 10.6. The fourth-order valence-electron chi connectivity index (χ4n) is 2.32. The van der Waals surface area contributed by atoms with Gasteiger partial charge in [0.05, 0.1) is 17.7 Å². The number of nitrogens with zero attached hydrogens (tertiary/aromatic N) is 2. The highest BCUT2D eigenvalue weighted by Gasteiger charge is 2.24. The van der Waals surface area contributed by atoms with E-state index >= 15 is 0 Å². The van der Waals surface area contributed by atoms with Gasteiger partial charge in [0.1, 0.15) is 17.9 Å². The van der Waals surface area contributed by atoms with Crippen LogP contribution in [0.4, 0.5) is 0 Å². The Labute approximate surface area is 139 Å². The van der Waals surface area contributed by atoms with Crippen LogP contribution in [0, 0.1) is 24.2 Å². The van der Waals surface area contributed by atoms with Gasteiger partial charge in [-0.3, -0.25) is 9.48 Å². The Morgan fingerprint density at radius 1 is 1.39 bits per heavy atom. The van der Waals surface area contributed by atoms with Gasteiger partial charge in [0.25, 0.3) is 5.56 Å². The molecule has 1 aromatic heterocycles. The number of methoxy groups -OCH3 is 1. The molecule has 0 amide bonds. The monoisotopic (exact) mass is 330 g/mol. The first-order valence-electron chi connectivity index (χ1n) is 6.69. The summed E-state index contributed by atoms with van der Waals surface area (Å²) in [6.07, 6.45) is 5.26. The lowest BCUT2D eigenvalue weighted by Gasteiger charge is -2.10. The average molecular weight is 331 g/mol. The number of terminal acetylenes is 1. The van der Waals surface area contributed by atoms with E-state index < -0.39 is 5.56 Å². The number of benzene rings is 1. The molecule has 0 aliphatic rings. The van der Waals surface area contributed by atoms with Gasteiger partial charge in [0.15, 0.2) is 0 Å². The molecule has 0 saturated carbocycles. The van der Waals surface area contributed by atoms with Gasteiger partial charge >= 0.3 is 0 Å². The Bertz CT molecular complexity index is 921. The van der Waals surface area contributed by atoms with Crippen molar-refractivity contribution in [1.82, 2.24) is 9.36 Å². The van der Waals surface area contributed by atoms with Crippen LogP contribution in [-0.2, 0) is 13.6 Å². The zero-order valence-electron chi connectivity index (χ0n) is 13.0. The van der Waals surface area contributed by atoms with Crippen LogP contribution in [-0.4, -0.2) is 21.6 Å². The predicted octanol–water partition coefficient (Wildman–Crippen LogP) is 2.23. The molecule has 2 rings (SSSR count). The van der Waals surface area contributed by atoms with Crippen molar-refractivity contribution in [3.8, 4) is 46.9 Å². The van der Waals surface area contributed by atoms with E-state index in [9.17, 15) is 9.90 Å². The third kappa shape index (κ3) is 2.79. The molecule has 0 spiro atoms. The number of ether oxygens (including phenoxy) is 1. The fraction of sp³-hybridized carbons (Fsp3) is 0.235. The zero-order valence-corrected chi connectivity index (χ0v) is 13.7. The lowest BCUT2D eigenvalue weighted by atomic mass is 10.0. The molecule has 5 nitrogen and oxygen atoms in total. The maximum atomic E-state index is 12.6. The standard InChI is InChI=1S/C17H15ClN2O3/c1-5-7-11-9-12(18)14(13(10-11)23-4)15-16(21)19(3)20(8-6-2)17(15)22/h2,9-10,21H,8H2,1,3-4H3. The number of hydrogen-bond acceptors (Lipinski definition) is 3. The molecule has 0 radical (unpaired) electrons. The predicted molar refractivity (Wildman–Crippen MR) is 89.7 cm³/mol. The molecule has 0 aliphatic heterocycles. The summed E-state index contributed by atoms with van der Waals surface area (Å²) in [6.45, 7) is 1.73. The van der Waals surface area contributed by atoms with Crippen LogP contribution in [0.3, 0.4) is 0 Å². The molecular formula is C17H15ClN2O3. The van der Waals surface area contributed by atoms with Crippen molar-refractivity contribution in [2.24, 2.45) is 7.05 Å². The first kappa shape index (κ1) is 16.6. The first-order chi connectivity index (χ1) is 11.0. The summed E-state index contributed by atoms with van der Waals surface area (Å²) in [5.74, 6) is 8.13. The number of aromatic nitrogens is 2. The molecule has 1 aromatic carbocycles. The normalized spacial score (nSPS) is 9.87. The number of hydrogen-bond donors (Lipinski definition) is 1. The van der Waals surface area contributed by atoms with E-state index in [0.29, 0.717) is 16.9 Å². The van der Waals surface area contributed by atoms with Gasteiger partial charge in [-0.25, -0.2) is 4.68 Å². The van der Waals surface area contributed by atoms with Gasteiger partial charge in [-0.15, -0.1) is 12.3 Å². The highest BCUT2D eigenvalue weighted by Crippen LogP contribution is 2.39. The topological polar surface area (TPSA) is 56.4 Å². The molecule has 0 fully saturated rings. The third-order valence-corrected chi connectivity index (χ3v) is 3.67. The van der Waals surface area contributed by atoms with Crippen molar-refractivity contribution in [3.05, 3.63) is 33.1 Å². The van der Waals surface area contributed by atoms with Gasteiger partial charge < -0.3 is 9.84 Å². The quantitative estimate of drug-likeness (QED) is 0.878. The molecular weight excluding hydrogens is 316 g/mol. The van der Waals surface area contributed by atoms with Crippen LogP contribution in [0.1, 0.15) is 12.5 Å². The van der Waals surface area contributed by atoms with E-state index in [1.807, 2.05) is 0 Å². The smallest absolute Gasteiger partial charge is 0.279 e. The maximum absolute atomic E-state index is 12.6. The van der Waals surface area contributed by atoms with Crippen molar-refractivity contribution < 1.29 is 9.84 Å². The van der Waals surface area contributed by atoms with Crippen LogP contribution >= 0.6 is 11.6 Å². The summed E-state index contributed by atoms with van der Waals surface area (Å²) in [7, 11) is 2.99. The Morgan fingerprint density at radius 2 is 2.09 bits per heavy atom. The molecule has 118 valence electrons. The van der Waals surface area contributed by atoms with Gasteiger partial charge in [0.2, 0.25) is 5.88 Å². The van der Waals surface area contributed by atoms with Crippen molar-refractivity contribution in [2.45, 2.75) is 13.5 Å². The molecule has 23 heavy (non-hydrogen) atoms. The van der Waals surface area contributed by atoms with Gasteiger partial charge in [0, 0.05) is 12.6 Å². The third-order valence-electron chi connectivity index (χ3n) is 3.37. The van der Waals surface area contributed by atoms with Crippen LogP contribution in [0.15, 0.2) is 16.9 Å². The molecule has 2 aromatic rings. The SMILES string of the molecule is C#CCn1c(=O)c(-c2c(Cl)cc(C#CC)cc2OC)c(O)n1C. The van der Waals surface area contributed by atoms with E-state index in [1.54, 1.807) is 19.1 Å². The van der Waals surface area contributed by atoms with Crippen LogP contribution in [0.2, 0.25) is 5.02 Å². The van der Waals surface area contributed by atoms with E-state index in [-0.39, 0.29) is 23.0 Å². The minimum atomic E-state index is -0.447. The fourth-order valence-corrected chi connectivity index (χ4v) is 2.63. The second-order valence-corrected chi connectivity index (χ2v) is 5.11. The van der Waals surface area contributed by atoms with Crippen molar-refractivity contribution in [2.75, 3.05) is 7.11 Å². The second-order valence-electron chi connectivity index (χ2n) is 4.70. The Kier molecular flexibility index (Phi) is 4.74. The largest absolute Gasteiger partial charge is 0.496 e. The van der Waals surface area contributed by atoms with Crippen LogP contribution < -0.4 is 10.3 Å². The van der Waals surface area contributed by atoms with Gasteiger partial charge in [-0.1, -0.05) is 23.4 Å². The van der Waals surface area contributed by atoms with E-state index in [2.05, 4.69) is 17.8 Å². The highest BCUT2D eigenvalue weighted by atomic mass is 35.5. The summed E-state index contributed by atoms with van der Waals surface area (Å²) in [4.78, 5) is 12.6. The number of rotatable bonds is 3. The van der Waals surface area contributed by atoms with Gasteiger partial charge in [-0.05, 0) is 19.1 Å². The zero-order chi connectivity index (χ0) is 17.1. The lowest BCUT2D eigenvalue weighted by Crippen LogP contribution is -2.21. The minimum Gasteiger partial charge on any atom is -0.496 e. The summed E-state index contributed by atoms with van der Waals surface area (Å²) in [5.41, 5.74) is 0.556. The van der Waals surface area contributed by atoms with Crippen molar-refractivity contribution in [3.63, 3.8) is 0 Å². The Balaban J connectivity index is 2.82. The lowest BCUT2D eigenvalue weighted by molar-refractivity contribution is 0.392.